The van der Waals surface area contributed by atoms with Crippen LogP contribution in [0.2, 0.25) is 0 Å². The quantitative estimate of drug-likeness (QED) is 0.198. The molecule has 1 aliphatic carbocycles. The molecule has 0 unspecified atom stereocenters. The molecule has 40 heavy (non-hydrogen) atoms. The van der Waals surface area contributed by atoms with E-state index in [4.69, 9.17) is 0 Å². The lowest BCUT2D eigenvalue weighted by Crippen LogP contribution is -2.30. The van der Waals surface area contributed by atoms with E-state index in [-0.39, 0.29) is 11.7 Å². The molecule has 3 aromatic carbocycles. The van der Waals surface area contributed by atoms with Crippen LogP contribution in [0.3, 0.4) is 0 Å². The summed E-state index contributed by atoms with van der Waals surface area (Å²) in [6.45, 7) is 0. The summed E-state index contributed by atoms with van der Waals surface area (Å²) in [5, 5.41) is 13.5. The molecule has 12 heteroatoms. The third-order valence-electron chi connectivity index (χ3n) is 6.31. The molecule has 0 radical (unpaired) electrons. The standard InChI is InChI=1S/C28H21F3N6O2S/c29-28(30,31)39-22-13-11-21(12-14-22)36-17-32-26(35-36)20-7-5-18(6-8-20)15-33-34-27-37(25(38)16-40-27)24-4-2-1-3-23(24)19-9-10-19/h1-8,11-15,17,19H,9-10,16H2. The predicted octanol–water partition coefficient (Wildman–Crippen LogP) is 6.18. The molecule has 2 heterocycles. The minimum atomic E-state index is -4.75. The number of ether oxygens (including phenoxy) is 1. The third-order valence-corrected chi connectivity index (χ3v) is 7.22. The number of alkyl halides is 3. The van der Waals surface area contributed by atoms with Crippen molar-refractivity contribution in [2.75, 3.05) is 10.7 Å². The summed E-state index contributed by atoms with van der Waals surface area (Å²) in [5.41, 5.74) is 4.14. The van der Waals surface area contributed by atoms with Crippen LogP contribution in [0.5, 0.6) is 5.75 Å². The van der Waals surface area contributed by atoms with Gasteiger partial charge in [-0.2, -0.15) is 5.10 Å². The van der Waals surface area contributed by atoms with Gasteiger partial charge in [0.2, 0.25) is 5.91 Å². The van der Waals surface area contributed by atoms with Gasteiger partial charge in [-0.15, -0.1) is 23.4 Å². The van der Waals surface area contributed by atoms with Crippen LogP contribution in [-0.4, -0.2) is 44.2 Å². The number of anilines is 1. The molecule has 8 nitrogen and oxygen atoms in total. The van der Waals surface area contributed by atoms with E-state index < -0.39 is 6.36 Å². The van der Waals surface area contributed by atoms with Crippen molar-refractivity contribution in [1.29, 1.82) is 0 Å². The molecule has 0 spiro atoms. The Bertz CT molecular complexity index is 1600. The number of rotatable bonds is 7. The Morgan fingerprint density at radius 1 is 1.00 bits per heavy atom. The predicted molar refractivity (Wildman–Crippen MR) is 147 cm³/mol. The van der Waals surface area contributed by atoms with E-state index in [0.29, 0.717) is 28.4 Å². The summed E-state index contributed by atoms with van der Waals surface area (Å²) in [5.74, 6) is 0.955. The molecule has 202 valence electrons. The van der Waals surface area contributed by atoms with Crippen molar-refractivity contribution in [3.8, 4) is 22.8 Å². The van der Waals surface area contributed by atoms with Gasteiger partial charge in [0.15, 0.2) is 11.0 Å². The van der Waals surface area contributed by atoms with E-state index in [2.05, 4.69) is 31.1 Å². The van der Waals surface area contributed by atoms with Gasteiger partial charge in [0.1, 0.15) is 12.1 Å². The van der Waals surface area contributed by atoms with E-state index in [9.17, 15) is 18.0 Å². The number of nitrogens with zero attached hydrogens (tertiary/aromatic N) is 6. The van der Waals surface area contributed by atoms with E-state index in [0.717, 1.165) is 29.7 Å². The van der Waals surface area contributed by atoms with Crippen LogP contribution in [0.25, 0.3) is 17.1 Å². The Morgan fingerprint density at radius 2 is 1.75 bits per heavy atom. The van der Waals surface area contributed by atoms with Gasteiger partial charge in [0, 0.05) is 5.56 Å². The summed E-state index contributed by atoms with van der Waals surface area (Å²) in [6, 6.07) is 20.7. The van der Waals surface area contributed by atoms with Crippen molar-refractivity contribution in [3.05, 3.63) is 90.3 Å². The van der Waals surface area contributed by atoms with E-state index in [1.807, 2.05) is 42.5 Å². The van der Waals surface area contributed by atoms with Crippen molar-refractivity contribution < 1.29 is 22.7 Å². The number of para-hydroxylation sites is 1. The first-order chi connectivity index (χ1) is 19.3. The van der Waals surface area contributed by atoms with Gasteiger partial charge in [-0.3, -0.25) is 9.69 Å². The first-order valence-corrected chi connectivity index (χ1v) is 13.4. The zero-order valence-corrected chi connectivity index (χ0v) is 21.6. The van der Waals surface area contributed by atoms with Crippen LogP contribution in [0, 0.1) is 0 Å². The van der Waals surface area contributed by atoms with Crippen molar-refractivity contribution in [1.82, 2.24) is 14.8 Å². The first kappa shape index (κ1) is 25.8. The molecule has 1 saturated carbocycles. The second-order valence-corrected chi connectivity index (χ2v) is 10.1. The monoisotopic (exact) mass is 562 g/mol. The normalized spacial score (nSPS) is 16.8. The topological polar surface area (TPSA) is 85.0 Å². The Morgan fingerprint density at radius 3 is 2.48 bits per heavy atom. The molecule has 0 atom stereocenters. The molecule has 1 aromatic heterocycles. The Kier molecular flexibility index (Phi) is 6.84. The number of halogens is 3. The highest BCUT2D eigenvalue weighted by Gasteiger charge is 2.35. The Hall–Kier alpha value is -4.45. The molecule has 0 N–H and O–H groups in total. The number of thioether (sulfide) groups is 1. The fourth-order valence-corrected chi connectivity index (χ4v) is 5.10. The maximum atomic E-state index is 12.7. The van der Waals surface area contributed by atoms with Crippen molar-refractivity contribution >= 4 is 34.7 Å². The molecule has 2 fully saturated rings. The molecule has 1 saturated heterocycles. The van der Waals surface area contributed by atoms with Gasteiger partial charge < -0.3 is 4.74 Å². The SMILES string of the molecule is O=C1CSC(=NN=Cc2ccc(-c3ncn(-c4ccc(OC(F)(F)F)cc4)n3)cc2)N1c1ccccc1C1CC1. The summed E-state index contributed by atoms with van der Waals surface area (Å²) >= 11 is 1.37. The number of benzene rings is 3. The zero-order valence-electron chi connectivity index (χ0n) is 20.8. The second kappa shape index (κ2) is 10.6. The average Bonchev–Trinajstić information content (AvgIpc) is 3.56. The highest BCUT2D eigenvalue weighted by molar-refractivity contribution is 8.15. The van der Waals surface area contributed by atoms with Crippen LogP contribution < -0.4 is 9.64 Å². The molecule has 0 bridgehead atoms. The minimum Gasteiger partial charge on any atom is -0.406 e. The van der Waals surface area contributed by atoms with Crippen LogP contribution in [0.15, 0.2) is 89.3 Å². The Labute approximate surface area is 231 Å². The smallest absolute Gasteiger partial charge is 0.406 e. The average molecular weight is 563 g/mol. The lowest BCUT2D eigenvalue weighted by atomic mass is 10.1. The number of hydrogen-bond donors (Lipinski definition) is 0. The zero-order chi connectivity index (χ0) is 27.7. The summed E-state index contributed by atoms with van der Waals surface area (Å²) in [7, 11) is 0. The van der Waals surface area contributed by atoms with Crippen molar-refractivity contribution in [3.63, 3.8) is 0 Å². The number of carbonyl (C=O) groups excluding carboxylic acids is 1. The molecule has 1 aliphatic heterocycles. The number of hydrogen-bond acceptors (Lipinski definition) is 7. The van der Waals surface area contributed by atoms with Crippen LogP contribution in [0.1, 0.15) is 29.9 Å². The van der Waals surface area contributed by atoms with Gasteiger partial charge in [-0.05, 0) is 60.2 Å². The van der Waals surface area contributed by atoms with Gasteiger partial charge in [-0.1, -0.05) is 54.2 Å². The number of carbonyl (C=O) groups is 1. The molecule has 2 aliphatic rings. The number of amidine groups is 1. The molecule has 1 amide bonds. The highest BCUT2D eigenvalue weighted by atomic mass is 32.2. The van der Waals surface area contributed by atoms with Crippen molar-refractivity contribution in [2.45, 2.75) is 25.1 Å². The van der Waals surface area contributed by atoms with E-state index >= 15 is 0 Å². The van der Waals surface area contributed by atoms with Crippen LogP contribution in [-0.2, 0) is 4.79 Å². The number of amides is 1. The third kappa shape index (κ3) is 5.76. The van der Waals surface area contributed by atoms with E-state index in [1.165, 1.54) is 52.6 Å². The molecule has 4 aromatic rings. The fourth-order valence-electron chi connectivity index (χ4n) is 4.29. The maximum Gasteiger partial charge on any atom is 0.573 e. The maximum absolute atomic E-state index is 12.7. The number of aromatic nitrogens is 3. The summed E-state index contributed by atoms with van der Waals surface area (Å²) in [4.78, 5) is 18.6. The van der Waals surface area contributed by atoms with Crippen molar-refractivity contribution in [2.24, 2.45) is 10.2 Å². The van der Waals surface area contributed by atoms with Gasteiger partial charge in [0.25, 0.3) is 0 Å². The summed E-state index contributed by atoms with van der Waals surface area (Å²) in [6.07, 6.45) is 0.616. The van der Waals surface area contributed by atoms with Gasteiger partial charge in [0.05, 0.1) is 23.3 Å². The van der Waals surface area contributed by atoms with Gasteiger partial charge in [-0.25, -0.2) is 9.67 Å². The highest BCUT2D eigenvalue weighted by Crippen LogP contribution is 2.45. The first-order valence-electron chi connectivity index (χ1n) is 12.4. The molecule has 6 rings (SSSR count). The Balaban J connectivity index is 1.13. The van der Waals surface area contributed by atoms with E-state index in [1.54, 1.807) is 11.1 Å². The minimum absolute atomic E-state index is 0.00563. The van der Waals surface area contributed by atoms with Crippen LogP contribution >= 0.6 is 11.8 Å². The lowest BCUT2D eigenvalue weighted by molar-refractivity contribution is -0.274. The molecular formula is C28H21F3N6O2S. The second-order valence-electron chi connectivity index (χ2n) is 9.15. The summed E-state index contributed by atoms with van der Waals surface area (Å²) < 4.78 is 42.5. The lowest BCUT2D eigenvalue weighted by Gasteiger charge is -2.19. The molecular weight excluding hydrogens is 541 g/mol. The largest absolute Gasteiger partial charge is 0.573 e. The van der Waals surface area contributed by atoms with Crippen LogP contribution in [0.4, 0.5) is 18.9 Å². The fraction of sp³-hybridized carbons (Fsp3) is 0.179. The van der Waals surface area contributed by atoms with Gasteiger partial charge >= 0.3 is 6.36 Å².